The summed E-state index contributed by atoms with van der Waals surface area (Å²) in [7, 11) is 0. The van der Waals surface area contributed by atoms with Gasteiger partial charge in [0.05, 0.1) is 6.54 Å². The van der Waals surface area contributed by atoms with Crippen LogP contribution in [0.3, 0.4) is 0 Å². The van der Waals surface area contributed by atoms with Gasteiger partial charge in [-0.3, -0.25) is 4.90 Å². The second-order valence-electron chi connectivity index (χ2n) is 2.95. The Labute approximate surface area is 86.0 Å². The van der Waals surface area contributed by atoms with Gasteiger partial charge in [0.2, 0.25) is 0 Å². The lowest BCUT2D eigenvalue weighted by atomic mass is 10.3. The number of amidine groups is 1. The van der Waals surface area contributed by atoms with E-state index in [0.29, 0.717) is 17.4 Å². The number of anilines is 1. The summed E-state index contributed by atoms with van der Waals surface area (Å²) in [5, 5.41) is 0.634. The fourth-order valence-electron chi connectivity index (χ4n) is 1.27. The molecule has 2 N–H and O–H groups in total. The van der Waals surface area contributed by atoms with Crippen LogP contribution in [0.4, 0.5) is 10.5 Å². The first-order valence-corrected chi connectivity index (χ1v) is 4.45. The van der Waals surface area contributed by atoms with Crippen LogP contribution in [0.2, 0.25) is 5.02 Å². The van der Waals surface area contributed by atoms with Crippen LogP contribution in [0.1, 0.15) is 0 Å². The number of benzene rings is 1. The lowest BCUT2D eigenvalue weighted by molar-refractivity contribution is 0.256. The number of aliphatic imine (C=N–C) groups is 1. The number of carbonyl (C=O) groups excluding carboxylic acids is 1. The topological polar surface area (TPSA) is 58.7 Å². The summed E-state index contributed by atoms with van der Waals surface area (Å²) in [6.45, 7) is 0.348. The summed E-state index contributed by atoms with van der Waals surface area (Å²) in [5.41, 5.74) is 6.20. The van der Waals surface area contributed by atoms with Crippen molar-refractivity contribution in [3.8, 4) is 0 Å². The monoisotopic (exact) mass is 209 g/mol. The number of halogens is 1. The van der Waals surface area contributed by atoms with E-state index in [-0.39, 0.29) is 6.03 Å². The Balaban J connectivity index is 2.26. The largest absolute Gasteiger partial charge is 0.385 e. The molecule has 0 unspecified atom stereocenters. The van der Waals surface area contributed by atoms with Crippen LogP contribution in [-0.4, -0.2) is 18.4 Å². The van der Waals surface area contributed by atoms with Crippen molar-refractivity contribution in [2.75, 3.05) is 11.4 Å². The van der Waals surface area contributed by atoms with Crippen molar-refractivity contribution in [2.24, 2.45) is 10.7 Å². The van der Waals surface area contributed by atoms with Crippen LogP contribution in [0.15, 0.2) is 29.3 Å². The van der Waals surface area contributed by atoms with Crippen molar-refractivity contribution in [3.63, 3.8) is 0 Å². The van der Waals surface area contributed by atoms with Crippen LogP contribution >= 0.6 is 11.6 Å². The lowest BCUT2D eigenvalue weighted by Gasteiger charge is -2.13. The molecule has 0 radical (unpaired) electrons. The number of nitrogens with zero attached hydrogens (tertiary/aromatic N) is 2. The molecule has 4 nitrogen and oxygen atoms in total. The van der Waals surface area contributed by atoms with Crippen LogP contribution in [0, 0.1) is 0 Å². The Morgan fingerprint density at radius 3 is 2.50 bits per heavy atom. The Morgan fingerprint density at radius 1 is 1.36 bits per heavy atom. The maximum Gasteiger partial charge on any atom is 0.350 e. The van der Waals surface area contributed by atoms with Gasteiger partial charge in [0.15, 0.2) is 0 Å². The normalized spacial score (nSPS) is 15.9. The molecule has 0 fully saturated rings. The van der Waals surface area contributed by atoms with Gasteiger partial charge in [-0.25, -0.2) is 4.79 Å². The smallest absolute Gasteiger partial charge is 0.350 e. The Morgan fingerprint density at radius 2 is 2.00 bits per heavy atom. The minimum Gasteiger partial charge on any atom is -0.385 e. The summed E-state index contributed by atoms with van der Waals surface area (Å²) in [5.74, 6) is 0.338. The second kappa shape index (κ2) is 3.31. The first-order chi connectivity index (χ1) is 6.66. The predicted octanol–water partition coefficient (Wildman–Crippen LogP) is 1.64. The van der Waals surface area contributed by atoms with E-state index in [1.54, 1.807) is 24.3 Å². The van der Waals surface area contributed by atoms with Crippen LogP contribution in [0.25, 0.3) is 0 Å². The number of amides is 2. The third-order valence-corrected chi connectivity index (χ3v) is 2.18. The van der Waals surface area contributed by atoms with Crippen molar-refractivity contribution < 1.29 is 4.79 Å². The molecule has 0 atom stereocenters. The van der Waals surface area contributed by atoms with E-state index >= 15 is 0 Å². The molecule has 1 aromatic rings. The molecule has 5 heteroatoms. The zero-order valence-corrected chi connectivity index (χ0v) is 8.03. The summed E-state index contributed by atoms with van der Waals surface area (Å²) < 4.78 is 0. The molecule has 2 rings (SSSR count). The number of hydrogen-bond donors (Lipinski definition) is 1. The number of carbonyl (C=O) groups is 1. The van der Waals surface area contributed by atoms with E-state index in [2.05, 4.69) is 4.99 Å². The fraction of sp³-hybridized carbons (Fsp3) is 0.111. The minimum absolute atomic E-state index is 0.329. The Hall–Kier alpha value is -1.55. The van der Waals surface area contributed by atoms with Gasteiger partial charge < -0.3 is 5.73 Å². The number of rotatable bonds is 1. The van der Waals surface area contributed by atoms with Gasteiger partial charge >= 0.3 is 6.03 Å². The van der Waals surface area contributed by atoms with Crippen molar-refractivity contribution in [3.05, 3.63) is 29.3 Å². The highest BCUT2D eigenvalue weighted by atomic mass is 35.5. The lowest BCUT2D eigenvalue weighted by Crippen LogP contribution is -2.28. The summed E-state index contributed by atoms with van der Waals surface area (Å²) in [6.07, 6.45) is 0. The van der Waals surface area contributed by atoms with Crippen molar-refractivity contribution in [1.29, 1.82) is 0 Å². The molecule has 0 saturated carbocycles. The molecule has 0 spiro atoms. The van der Waals surface area contributed by atoms with Crippen LogP contribution in [0.5, 0.6) is 0 Å². The average Bonchev–Trinajstić information content (AvgIpc) is 2.47. The molecule has 0 bridgehead atoms. The highest BCUT2D eigenvalue weighted by molar-refractivity contribution is 6.30. The van der Waals surface area contributed by atoms with Crippen molar-refractivity contribution >= 4 is 29.2 Å². The molecule has 14 heavy (non-hydrogen) atoms. The zero-order valence-electron chi connectivity index (χ0n) is 7.27. The van der Waals surface area contributed by atoms with E-state index in [1.807, 2.05) is 0 Å². The van der Waals surface area contributed by atoms with E-state index in [0.717, 1.165) is 5.69 Å². The first kappa shape index (κ1) is 9.02. The summed E-state index contributed by atoms with van der Waals surface area (Å²) >= 11 is 5.73. The zero-order chi connectivity index (χ0) is 10.1. The third kappa shape index (κ3) is 1.56. The first-order valence-electron chi connectivity index (χ1n) is 4.07. The predicted molar refractivity (Wildman–Crippen MR) is 55.8 cm³/mol. The van der Waals surface area contributed by atoms with Crippen LogP contribution in [-0.2, 0) is 0 Å². The molecule has 1 aromatic carbocycles. The number of nitrogens with two attached hydrogens (primary N) is 1. The van der Waals surface area contributed by atoms with Gasteiger partial charge in [-0.2, -0.15) is 4.99 Å². The van der Waals surface area contributed by atoms with Crippen LogP contribution < -0.4 is 10.6 Å². The van der Waals surface area contributed by atoms with Gasteiger partial charge in [-0.05, 0) is 24.3 Å². The second-order valence-corrected chi connectivity index (χ2v) is 3.38. The molecule has 0 saturated heterocycles. The maximum absolute atomic E-state index is 11.3. The average molecular weight is 210 g/mol. The van der Waals surface area contributed by atoms with Crippen molar-refractivity contribution in [1.82, 2.24) is 0 Å². The van der Waals surface area contributed by atoms with Gasteiger partial charge in [-0.15, -0.1) is 0 Å². The van der Waals surface area contributed by atoms with E-state index in [9.17, 15) is 4.79 Å². The maximum atomic E-state index is 11.3. The van der Waals surface area contributed by atoms with E-state index in [1.165, 1.54) is 4.90 Å². The standard InChI is InChI=1S/C9H8ClN3O/c10-6-1-3-7(4-2-6)13-5-8(11)12-9(13)14/h1-4H,5H2,(H2,11,12,14). The highest BCUT2D eigenvalue weighted by Gasteiger charge is 2.22. The highest BCUT2D eigenvalue weighted by Crippen LogP contribution is 2.20. The Bertz CT molecular complexity index is 399. The molecule has 1 aliphatic heterocycles. The molecule has 0 aliphatic carbocycles. The molecule has 2 amide bonds. The summed E-state index contributed by atoms with van der Waals surface area (Å²) in [6, 6.07) is 6.63. The van der Waals surface area contributed by atoms with Gasteiger partial charge in [0.1, 0.15) is 5.84 Å². The molecule has 1 heterocycles. The molecule has 0 aromatic heterocycles. The van der Waals surface area contributed by atoms with E-state index in [4.69, 9.17) is 17.3 Å². The summed E-state index contributed by atoms with van der Waals surface area (Å²) in [4.78, 5) is 16.4. The van der Waals surface area contributed by atoms with E-state index < -0.39 is 0 Å². The van der Waals surface area contributed by atoms with Gasteiger partial charge in [0, 0.05) is 10.7 Å². The van der Waals surface area contributed by atoms with Crippen molar-refractivity contribution in [2.45, 2.75) is 0 Å². The van der Waals surface area contributed by atoms with Gasteiger partial charge in [-0.1, -0.05) is 11.6 Å². The molecular weight excluding hydrogens is 202 g/mol. The fourth-order valence-corrected chi connectivity index (χ4v) is 1.40. The molecular formula is C9H8ClN3O. The quantitative estimate of drug-likeness (QED) is 0.765. The minimum atomic E-state index is -0.329. The number of hydrogen-bond acceptors (Lipinski definition) is 2. The molecule has 1 aliphatic rings. The van der Waals surface area contributed by atoms with Gasteiger partial charge in [0.25, 0.3) is 0 Å². The molecule has 72 valence electrons. The number of urea groups is 1. The SMILES string of the molecule is NC1=NC(=O)N(c2ccc(Cl)cc2)C1. The third-order valence-electron chi connectivity index (χ3n) is 1.93. The Kier molecular flexibility index (Phi) is 2.13.